The topological polar surface area (TPSA) is 78.5 Å². The first-order chi connectivity index (χ1) is 14.9. The summed E-state index contributed by atoms with van der Waals surface area (Å²) in [5.74, 6) is -1.04. The summed E-state index contributed by atoms with van der Waals surface area (Å²) in [6.07, 6.45) is 0.147. The smallest absolute Gasteiger partial charge is 0.266 e. The molecule has 1 heterocycles. The number of carbonyl (C=O) groups is 3. The second-order valence-electron chi connectivity index (χ2n) is 6.85. The third kappa shape index (κ3) is 4.47. The number of benzene rings is 3. The maximum atomic E-state index is 12.7. The number of carbonyl (C=O) groups excluding carboxylic acids is 3. The summed E-state index contributed by atoms with van der Waals surface area (Å²) in [7, 11) is 0. The number of amides is 3. The van der Waals surface area contributed by atoms with E-state index in [1.54, 1.807) is 72.8 Å². The number of fused-ring (bicyclic) bond motifs is 1. The third-order valence-electron chi connectivity index (χ3n) is 4.69. The number of nitrogens with one attached hydrogen (secondary N) is 2. The van der Waals surface area contributed by atoms with Gasteiger partial charge in [0.1, 0.15) is 0 Å². The summed E-state index contributed by atoms with van der Waals surface area (Å²) < 4.78 is 0. The summed E-state index contributed by atoms with van der Waals surface area (Å²) in [6, 6.07) is 20.4. The van der Waals surface area contributed by atoms with Gasteiger partial charge in [-0.05, 0) is 60.2 Å². The van der Waals surface area contributed by atoms with Crippen LogP contribution in [0.15, 0.2) is 72.8 Å². The first kappa shape index (κ1) is 20.7. The summed E-state index contributed by atoms with van der Waals surface area (Å²) >= 11 is 11.1. The van der Waals surface area contributed by atoms with Gasteiger partial charge in [-0.2, -0.15) is 0 Å². The summed E-state index contributed by atoms with van der Waals surface area (Å²) in [4.78, 5) is 38.7. The average Bonchev–Trinajstić information content (AvgIpc) is 3.00. The predicted octanol–water partition coefficient (Wildman–Crippen LogP) is 4.20. The molecule has 1 aliphatic heterocycles. The number of hydrogen-bond acceptors (Lipinski definition) is 4. The lowest BCUT2D eigenvalue weighted by atomic mass is 10.1. The van der Waals surface area contributed by atoms with E-state index in [-0.39, 0.29) is 29.3 Å². The number of thiocarbonyl (C=S) groups is 1. The molecule has 3 aromatic carbocycles. The molecule has 0 spiro atoms. The fourth-order valence-electron chi connectivity index (χ4n) is 3.27. The van der Waals surface area contributed by atoms with Crippen molar-refractivity contribution in [2.45, 2.75) is 6.42 Å². The number of hydrogen-bond donors (Lipinski definition) is 2. The largest absolute Gasteiger partial charge is 0.332 e. The Kier molecular flexibility index (Phi) is 5.79. The van der Waals surface area contributed by atoms with Gasteiger partial charge < -0.3 is 10.6 Å². The minimum absolute atomic E-state index is 0.110. The van der Waals surface area contributed by atoms with E-state index in [4.69, 9.17) is 23.8 Å². The van der Waals surface area contributed by atoms with Crippen molar-refractivity contribution >= 4 is 58.0 Å². The van der Waals surface area contributed by atoms with E-state index in [2.05, 4.69) is 10.6 Å². The molecule has 0 aromatic heterocycles. The van der Waals surface area contributed by atoms with Crippen LogP contribution in [0, 0.1) is 0 Å². The van der Waals surface area contributed by atoms with Crippen molar-refractivity contribution in [1.82, 2.24) is 5.32 Å². The number of imide groups is 1. The van der Waals surface area contributed by atoms with Crippen LogP contribution in [0.3, 0.4) is 0 Å². The first-order valence-corrected chi connectivity index (χ1v) is 10.1. The maximum Gasteiger partial charge on any atom is 0.266 e. The van der Waals surface area contributed by atoms with Gasteiger partial charge in [-0.3, -0.25) is 14.4 Å². The Hall–Kier alpha value is -3.55. The molecule has 6 nitrogen and oxygen atoms in total. The van der Waals surface area contributed by atoms with E-state index in [0.717, 1.165) is 10.5 Å². The Morgan fingerprint density at radius 1 is 0.903 bits per heavy atom. The standard InChI is InChI=1S/C23H16ClN3O3S/c24-15-10-8-14(9-11-15)12-20(28)26-23(31)25-16-4-3-5-17(13-16)27-21(29)18-6-1-2-7-19(18)22(27)30/h1-11,13H,12H2,(H2,25,26,28,31). The van der Waals surface area contributed by atoms with Crippen LogP contribution in [-0.4, -0.2) is 22.8 Å². The highest BCUT2D eigenvalue weighted by Gasteiger charge is 2.36. The van der Waals surface area contributed by atoms with Gasteiger partial charge in [-0.15, -0.1) is 0 Å². The van der Waals surface area contributed by atoms with Crippen molar-refractivity contribution in [3.63, 3.8) is 0 Å². The number of anilines is 2. The fourth-order valence-corrected chi connectivity index (χ4v) is 3.62. The highest BCUT2D eigenvalue weighted by atomic mass is 35.5. The molecule has 31 heavy (non-hydrogen) atoms. The number of halogens is 1. The molecule has 0 atom stereocenters. The monoisotopic (exact) mass is 449 g/mol. The van der Waals surface area contributed by atoms with Crippen molar-refractivity contribution in [1.29, 1.82) is 0 Å². The van der Waals surface area contributed by atoms with Gasteiger partial charge in [0.05, 0.1) is 23.2 Å². The van der Waals surface area contributed by atoms with Crippen LogP contribution < -0.4 is 15.5 Å². The zero-order chi connectivity index (χ0) is 22.0. The van der Waals surface area contributed by atoms with Gasteiger partial charge in [-0.1, -0.05) is 41.9 Å². The average molecular weight is 450 g/mol. The number of nitrogens with zero attached hydrogens (tertiary/aromatic N) is 1. The minimum atomic E-state index is -0.378. The van der Waals surface area contributed by atoms with Crippen molar-refractivity contribution in [3.8, 4) is 0 Å². The van der Waals surface area contributed by atoms with E-state index in [1.807, 2.05) is 0 Å². The second-order valence-corrected chi connectivity index (χ2v) is 7.69. The second kappa shape index (κ2) is 8.67. The van der Waals surface area contributed by atoms with Gasteiger partial charge >= 0.3 is 0 Å². The van der Waals surface area contributed by atoms with Crippen molar-refractivity contribution in [2.75, 3.05) is 10.2 Å². The summed E-state index contributed by atoms with van der Waals surface area (Å²) in [5, 5.41) is 6.23. The molecule has 0 saturated heterocycles. The van der Waals surface area contributed by atoms with E-state index >= 15 is 0 Å². The van der Waals surface area contributed by atoms with Crippen LogP contribution in [0.5, 0.6) is 0 Å². The van der Waals surface area contributed by atoms with Crippen LogP contribution in [0.2, 0.25) is 5.02 Å². The van der Waals surface area contributed by atoms with Gasteiger partial charge in [0.25, 0.3) is 11.8 Å². The molecule has 2 N–H and O–H groups in total. The molecule has 8 heteroatoms. The highest BCUT2D eigenvalue weighted by molar-refractivity contribution is 7.80. The van der Waals surface area contributed by atoms with Crippen molar-refractivity contribution in [3.05, 3.63) is 94.5 Å². The predicted molar refractivity (Wildman–Crippen MR) is 124 cm³/mol. The Labute approximate surface area is 188 Å². The Morgan fingerprint density at radius 3 is 2.19 bits per heavy atom. The van der Waals surface area contributed by atoms with Gasteiger partial charge in [0.15, 0.2) is 5.11 Å². The molecule has 154 valence electrons. The Bertz CT molecular complexity index is 1180. The molecule has 0 saturated carbocycles. The number of rotatable bonds is 4. The molecule has 3 aromatic rings. The van der Waals surface area contributed by atoms with E-state index in [0.29, 0.717) is 27.5 Å². The maximum absolute atomic E-state index is 12.7. The van der Waals surface area contributed by atoms with Crippen molar-refractivity contribution in [2.24, 2.45) is 0 Å². The highest BCUT2D eigenvalue weighted by Crippen LogP contribution is 2.29. The minimum Gasteiger partial charge on any atom is -0.332 e. The van der Waals surface area contributed by atoms with E-state index in [9.17, 15) is 14.4 Å². The van der Waals surface area contributed by atoms with Crippen LogP contribution in [0.1, 0.15) is 26.3 Å². The molecule has 0 fully saturated rings. The van der Waals surface area contributed by atoms with Gasteiger partial charge in [0.2, 0.25) is 5.91 Å². The molecule has 0 unspecified atom stereocenters. The van der Waals surface area contributed by atoms with Crippen LogP contribution >= 0.6 is 23.8 Å². The Morgan fingerprint density at radius 2 is 1.55 bits per heavy atom. The zero-order valence-electron chi connectivity index (χ0n) is 16.1. The molecular weight excluding hydrogens is 434 g/mol. The summed E-state index contributed by atoms with van der Waals surface area (Å²) in [6.45, 7) is 0. The normalized spacial score (nSPS) is 12.5. The third-order valence-corrected chi connectivity index (χ3v) is 5.14. The first-order valence-electron chi connectivity index (χ1n) is 9.35. The zero-order valence-corrected chi connectivity index (χ0v) is 17.7. The summed E-state index contributed by atoms with van der Waals surface area (Å²) in [5.41, 5.74) is 2.49. The van der Waals surface area contributed by atoms with Crippen LogP contribution in [0.25, 0.3) is 0 Å². The lowest BCUT2D eigenvalue weighted by Gasteiger charge is -2.16. The van der Waals surface area contributed by atoms with E-state index in [1.165, 1.54) is 0 Å². The Balaban J connectivity index is 1.42. The van der Waals surface area contributed by atoms with Crippen LogP contribution in [0.4, 0.5) is 11.4 Å². The molecule has 0 radical (unpaired) electrons. The van der Waals surface area contributed by atoms with Gasteiger partial charge in [0, 0.05) is 10.7 Å². The quantitative estimate of drug-likeness (QED) is 0.461. The molecular formula is C23H16ClN3O3S. The molecule has 4 rings (SSSR count). The fraction of sp³-hybridized carbons (Fsp3) is 0.0435. The SMILES string of the molecule is O=C(Cc1ccc(Cl)cc1)NC(=S)Nc1cccc(N2C(=O)c3ccccc3C2=O)c1. The molecule has 3 amide bonds. The van der Waals surface area contributed by atoms with Gasteiger partial charge in [-0.25, -0.2) is 4.90 Å². The van der Waals surface area contributed by atoms with E-state index < -0.39 is 0 Å². The molecule has 0 aliphatic carbocycles. The lowest BCUT2D eigenvalue weighted by Crippen LogP contribution is -2.35. The lowest BCUT2D eigenvalue weighted by molar-refractivity contribution is -0.119. The molecule has 1 aliphatic rings. The van der Waals surface area contributed by atoms with Crippen LogP contribution in [-0.2, 0) is 11.2 Å². The molecule has 0 bridgehead atoms. The van der Waals surface area contributed by atoms with Crippen molar-refractivity contribution < 1.29 is 14.4 Å².